The molecule has 2 nitrogen and oxygen atoms in total. The zero-order chi connectivity index (χ0) is 13.5. The Labute approximate surface area is 114 Å². The van der Waals surface area contributed by atoms with E-state index in [1.54, 1.807) is 0 Å². The Kier molecular flexibility index (Phi) is 4.73. The Morgan fingerprint density at radius 1 is 1.00 bits per heavy atom. The minimum absolute atomic E-state index is 0.0974. The molecule has 0 aromatic heterocycles. The van der Waals surface area contributed by atoms with Gasteiger partial charge in [0.05, 0.1) is 0 Å². The van der Waals surface area contributed by atoms with Gasteiger partial charge >= 0.3 is 0 Å². The highest BCUT2D eigenvalue weighted by atomic mass is 16.1. The average molecular weight is 253 g/mol. The Morgan fingerprint density at radius 3 is 2.21 bits per heavy atom. The standard InChI is InChI=1S/C17H19NO/c1-14(16-10-6-3-7-11-16)12-17(19)18-13-15-8-4-2-5-9-15/h2-11,14H,12-13H2,1H3,(H,18,19)/t14-/m1/s1. The van der Waals surface area contributed by atoms with Crippen LogP contribution in [0.3, 0.4) is 0 Å². The molecule has 0 saturated carbocycles. The molecule has 19 heavy (non-hydrogen) atoms. The molecular weight excluding hydrogens is 234 g/mol. The second-order valence-electron chi connectivity index (χ2n) is 4.78. The van der Waals surface area contributed by atoms with Crippen molar-refractivity contribution in [1.29, 1.82) is 0 Å². The average Bonchev–Trinajstić information content (AvgIpc) is 2.47. The SMILES string of the molecule is C[C@H](CC(=O)NCc1ccccc1)c1ccccc1. The van der Waals surface area contributed by atoms with Crippen LogP contribution in [0.25, 0.3) is 0 Å². The summed E-state index contributed by atoms with van der Waals surface area (Å²) in [6.07, 6.45) is 0.525. The minimum atomic E-state index is 0.0974. The van der Waals surface area contributed by atoms with Crippen LogP contribution in [0.4, 0.5) is 0 Å². The molecule has 1 N–H and O–H groups in total. The molecule has 0 bridgehead atoms. The van der Waals surface area contributed by atoms with Crippen LogP contribution in [0.2, 0.25) is 0 Å². The van der Waals surface area contributed by atoms with Crippen LogP contribution in [0.5, 0.6) is 0 Å². The van der Waals surface area contributed by atoms with E-state index in [-0.39, 0.29) is 11.8 Å². The third-order valence-electron chi connectivity index (χ3n) is 3.19. The lowest BCUT2D eigenvalue weighted by Gasteiger charge is -2.12. The summed E-state index contributed by atoms with van der Waals surface area (Å²) in [6.45, 7) is 2.68. The van der Waals surface area contributed by atoms with Crippen molar-refractivity contribution in [2.75, 3.05) is 0 Å². The maximum atomic E-state index is 11.9. The number of carbonyl (C=O) groups is 1. The summed E-state index contributed by atoms with van der Waals surface area (Å²) in [5.74, 6) is 0.345. The maximum Gasteiger partial charge on any atom is 0.220 e. The topological polar surface area (TPSA) is 29.1 Å². The fourth-order valence-electron chi connectivity index (χ4n) is 2.05. The summed E-state index contributed by atoms with van der Waals surface area (Å²) in [6, 6.07) is 20.1. The fourth-order valence-corrected chi connectivity index (χ4v) is 2.05. The van der Waals surface area contributed by atoms with Crippen molar-refractivity contribution in [3.8, 4) is 0 Å². The van der Waals surface area contributed by atoms with Gasteiger partial charge in [0.2, 0.25) is 5.91 Å². The van der Waals surface area contributed by atoms with E-state index in [1.807, 2.05) is 48.5 Å². The van der Waals surface area contributed by atoms with Gasteiger partial charge in [-0.2, -0.15) is 0 Å². The summed E-state index contributed by atoms with van der Waals surface area (Å²) in [4.78, 5) is 11.9. The van der Waals surface area contributed by atoms with Crippen molar-refractivity contribution >= 4 is 5.91 Å². The third kappa shape index (κ3) is 4.25. The van der Waals surface area contributed by atoms with Crippen LogP contribution in [-0.4, -0.2) is 5.91 Å². The highest BCUT2D eigenvalue weighted by Gasteiger charge is 2.10. The summed E-state index contributed by atoms with van der Waals surface area (Å²) in [5, 5.41) is 2.96. The van der Waals surface area contributed by atoms with Crippen molar-refractivity contribution in [2.45, 2.75) is 25.8 Å². The van der Waals surface area contributed by atoms with Gasteiger partial charge in [0.15, 0.2) is 0 Å². The zero-order valence-electron chi connectivity index (χ0n) is 11.2. The lowest BCUT2D eigenvalue weighted by atomic mass is 9.97. The number of rotatable bonds is 5. The largest absolute Gasteiger partial charge is 0.352 e. The van der Waals surface area contributed by atoms with Gasteiger partial charge in [-0.15, -0.1) is 0 Å². The van der Waals surface area contributed by atoms with E-state index in [2.05, 4.69) is 24.4 Å². The molecule has 2 aromatic carbocycles. The number of hydrogen-bond donors (Lipinski definition) is 1. The molecule has 0 aliphatic rings. The van der Waals surface area contributed by atoms with Gasteiger partial charge in [-0.25, -0.2) is 0 Å². The van der Waals surface area contributed by atoms with Crippen LogP contribution in [0.15, 0.2) is 60.7 Å². The van der Waals surface area contributed by atoms with E-state index in [0.717, 1.165) is 5.56 Å². The lowest BCUT2D eigenvalue weighted by Crippen LogP contribution is -2.24. The molecular formula is C17H19NO. The first kappa shape index (κ1) is 13.3. The minimum Gasteiger partial charge on any atom is -0.352 e. The van der Waals surface area contributed by atoms with Crippen molar-refractivity contribution in [3.63, 3.8) is 0 Å². The monoisotopic (exact) mass is 253 g/mol. The van der Waals surface area contributed by atoms with E-state index < -0.39 is 0 Å². The number of amides is 1. The Morgan fingerprint density at radius 2 is 1.58 bits per heavy atom. The summed E-state index contributed by atoms with van der Waals surface area (Å²) in [5.41, 5.74) is 2.33. The van der Waals surface area contributed by atoms with Crippen molar-refractivity contribution in [2.24, 2.45) is 0 Å². The number of hydrogen-bond acceptors (Lipinski definition) is 1. The predicted molar refractivity (Wildman–Crippen MR) is 77.8 cm³/mol. The second kappa shape index (κ2) is 6.74. The lowest BCUT2D eigenvalue weighted by molar-refractivity contribution is -0.121. The molecule has 0 unspecified atom stereocenters. The van der Waals surface area contributed by atoms with Gasteiger partial charge in [0, 0.05) is 13.0 Å². The quantitative estimate of drug-likeness (QED) is 0.868. The second-order valence-corrected chi connectivity index (χ2v) is 4.78. The van der Waals surface area contributed by atoms with Crippen molar-refractivity contribution < 1.29 is 4.79 Å². The van der Waals surface area contributed by atoms with E-state index >= 15 is 0 Å². The molecule has 0 aliphatic carbocycles. The Hall–Kier alpha value is -2.09. The summed E-state index contributed by atoms with van der Waals surface area (Å²) >= 11 is 0. The summed E-state index contributed by atoms with van der Waals surface area (Å²) < 4.78 is 0. The smallest absolute Gasteiger partial charge is 0.220 e. The molecule has 0 heterocycles. The summed E-state index contributed by atoms with van der Waals surface area (Å²) in [7, 11) is 0. The number of benzene rings is 2. The van der Waals surface area contributed by atoms with E-state index in [1.165, 1.54) is 5.56 Å². The first-order valence-electron chi connectivity index (χ1n) is 6.61. The molecule has 2 rings (SSSR count). The zero-order valence-corrected chi connectivity index (χ0v) is 11.2. The van der Waals surface area contributed by atoms with Gasteiger partial charge < -0.3 is 5.32 Å². The maximum absolute atomic E-state index is 11.9. The van der Waals surface area contributed by atoms with E-state index in [9.17, 15) is 4.79 Å². The first-order valence-corrected chi connectivity index (χ1v) is 6.61. The molecule has 0 fully saturated rings. The van der Waals surface area contributed by atoms with Crippen LogP contribution >= 0.6 is 0 Å². The Bertz CT molecular complexity index is 507. The van der Waals surface area contributed by atoms with Crippen molar-refractivity contribution in [1.82, 2.24) is 5.32 Å². The molecule has 2 aromatic rings. The van der Waals surface area contributed by atoms with E-state index in [0.29, 0.717) is 13.0 Å². The molecule has 1 amide bonds. The molecule has 1 atom stereocenters. The molecule has 0 spiro atoms. The number of carbonyl (C=O) groups excluding carboxylic acids is 1. The van der Waals surface area contributed by atoms with E-state index in [4.69, 9.17) is 0 Å². The fraction of sp³-hybridized carbons (Fsp3) is 0.235. The Balaban J connectivity index is 1.82. The third-order valence-corrected chi connectivity index (χ3v) is 3.19. The van der Waals surface area contributed by atoms with Gasteiger partial charge in [0.1, 0.15) is 0 Å². The van der Waals surface area contributed by atoms with Crippen molar-refractivity contribution in [3.05, 3.63) is 71.8 Å². The van der Waals surface area contributed by atoms with Crippen LogP contribution in [0.1, 0.15) is 30.4 Å². The highest BCUT2D eigenvalue weighted by Crippen LogP contribution is 2.18. The molecule has 0 aliphatic heterocycles. The van der Waals surface area contributed by atoms with Gasteiger partial charge in [-0.3, -0.25) is 4.79 Å². The molecule has 0 radical (unpaired) electrons. The van der Waals surface area contributed by atoms with Gasteiger partial charge in [-0.05, 0) is 17.0 Å². The normalized spacial score (nSPS) is 11.8. The first-order chi connectivity index (χ1) is 9.25. The molecule has 2 heteroatoms. The van der Waals surface area contributed by atoms with Crippen LogP contribution in [0, 0.1) is 0 Å². The van der Waals surface area contributed by atoms with Gasteiger partial charge in [0.25, 0.3) is 0 Å². The predicted octanol–water partition coefficient (Wildman–Crippen LogP) is 3.50. The molecule has 98 valence electrons. The molecule has 0 saturated heterocycles. The highest BCUT2D eigenvalue weighted by molar-refractivity contribution is 5.76. The van der Waals surface area contributed by atoms with Gasteiger partial charge in [-0.1, -0.05) is 67.6 Å². The number of nitrogens with one attached hydrogen (secondary N) is 1. The van der Waals surface area contributed by atoms with Crippen LogP contribution in [-0.2, 0) is 11.3 Å². The van der Waals surface area contributed by atoms with Crippen LogP contribution < -0.4 is 5.32 Å².